The monoisotopic (exact) mass is 654 g/mol. The SMILES string of the molecule is CCCCC[C@H](O)[C@@H]1C(=O)O[C@H](C)[C@H](O)/C=C/C=C/C=C/C=C/C=C(\C)[C@H](O)C[C@H](O)C[C@H](O)C[C@H](O)C[C@H](O)C[C@@H](O)C[C@H]1O. The summed E-state index contributed by atoms with van der Waals surface area (Å²) in [4.78, 5) is 13.1. The molecule has 0 aromatic rings. The molecule has 11 heteroatoms. The molecule has 0 radical (unpaired) electrons. The third-order valence-corrected chi connectivity index (χ3v) is 8.03. The fraction of sp³-hybridized carbons (Fsp3) is 0.686. The lowest BCUT2D eigenvalue weighted by Gasteiger charge is -2.29. The highest BCUT2D eigenvalue weighted by Gasteiger charge is 2.37. The van der Waals surface area contributed by atoms with Crippen molar-refractivity contribution in [2.75, 3.05) is 0 Å². The molecule has 1 aliphatic heterocycles. The molecule has 1 aliphatic rings. The molecule has 1 rings (SSSR count). The molecule has 46 heavy (non-hydrogen) atoms. The maximum absolute atomic E-state index is 13.1. The zero-order valence-electron chi connectivity index (χ0n) is 27.5. The Hall–Kier alpha value is -2.19. The minimum atomic E-state index is -1.52. The van der Waals surface area contributed by atoms with Gasteiger partial charge in [-0.2, -0.15) is 0 Å². The average molecular weight is 655 g/mol. The summed E-state index contributed by atoms with van der Waals surface area (Å²) in [6, 6.07) is 0. The van der Waals surface area contributed by atoms with E-state index in [1.807, 2.05) is 6.92 Å². The molecule has 1 heterocycles. The van der Waals surface area contributed by atoms with Gasteiger partial charge in [0.25, 0.3) is 0 Å². The number of hydrogen-bond acceptors (Lipinski definition) is 11. The summed E-state index contributed by atoms with van der Waals surface area (Å²) in [6.45, 7) is 5.18. The average Bonchev–Trinajstić information content (AvgIpc) is 2.94. The number of aliphatic hydroxyl groups is 9. The van der Waals surface area contributed by atoms with Crippen LogP contribution < -0.4 is 0 Å². The van der Waals surface area contributed by atoms with E-state index in [0.29, 0.717) is 12.0 Å². The number of rotatable bonds is 5. The number of carbonyl (C=O) groups excluding carboxylic acids is 1. The van der Waals surface area contributed by atoms with E-state index >= 15 is 0 Å². The maximum atomic E-state index is 13.1. The second kappa shape index (κ2) is 23.2. The summed E-state index contributed by atoms with van der Waals surface area (Å²) in [7, 11) is 0. The van der Waals surface area contributed by atoms with Crippen LogP contribution in [0.2, 0.25) is 0 Å². The first-order valence-electron chi connectivity index (χ1n) is 16.4. The van der Waals surface area contributed by atoms with Crippen LogP contribution in [0.5, 0.6) is 0 Å². The fourth-order valence-electron chi connectivity index (χ4n) is 5.27. The lowest BCUT2D eigenvalue weighted by Crippen LogP contribution is -2.43. The van der Waals surface area contributed by atoms with E-state index in [1.54, 1.807) is 55.5 Å². The van der Waals surface area contributed by atoms with Crippen LogP contribution in [0, 0.1) is 5.92 Å². The predicted octanol–water partition coefficient (Wildman–Crippen LogP) is 1.89. The van der Waals surface area contributed by atoms with Gasteiger partial charge in [0.2, 0.25) is 0 Å². The Morgan fingerprint density at radius 2 is 1.20 bits per heavy atom. The molecular formula is C35H58O11. The van der Waals surface area contributed by atoms with Crippen molar-refractivity contribution in [3.05, 3.63) is 60.3 Å². The molecule has 0 saturated carbocycles. The number of esters is 1. The Morgan fingerprint density at radius 3 is 1.74 bits per heavy atom. The highest BCUT2D eigenvalue weighted by atomic mass is 16.6. The van der Waals surface area contributed by atoms with Gasteiger partial charge in [-0.1, -0.05) is 80.9 Å². The molecule has 0 spiro atoms. The van der Waals surface area contributed by atoms with E-state index in [2.05, 4.69) is 0 Å². The fourth-order valence-corrected chi connectivity index (χ4v) is 5.27. The van der Waals surface area contributed by atoms with Gasteiger partial charge in [-0.25, -0.2) is 0 Å². The van der Waals surface area contributed by atoms with Crippen LogP contribution in [0.1, 0.15) is 85.0 Å². The molecule has 0 aromatic heterocycles. The molecule has 11 nitrogen and oxygen atoms in total. The zero-order chi connectivity index (χ0) is 34.6. The van der Waals surface area contributed by atoms with Gasteiger partial charge in [-0.15, -0.1) is 0 Å². The molecule has 264 valence electrons. The standard InChI is InChI=1S/C35H58O11/c1-4-5-11-16-31(42)34-33(44)22-29(40)20-27(38)18-25(36)17-26(37)19-28(39)21-32(43)23(2)14-12-9-7-6-8-10-13-15-30(41)24(3)46-35(34)45/h6-10,12-15,24-34,36-44H,4-5,11,16-22H2,1-3H3/b7-6+,10-8+,12-9+,15-13+,23-14+/t24-,25+,26-,27+,28-,29-,30-,31+,32-,33-,34+/m1/s1. The number of hydrogen-bond donors (Lipinski definition) is 9. The molecule has 0 bridgehead atoms. The molecule has 0 fully saturated rings. The molecular weight excluding hydrogens is 596 g/mol. The largest absolute Gasteiger partial charge is 0.459 e. The smallest absolute Gasteiger partial charge is 0.314 e. The molecule has 0 unspecified atom stereocenters. The van der Waals surface area contributed by atoms with Crippen molar-refractivity contribution in [2.45, 2.75) is 146 Å². The molecule has 11 atom stereocenters. The van der Waals surface area contributed by atoms with Crippen molar-refractivity contribution in [2.24, 2.45) is 5.92 Å². The Morgan fingerprint density at radius 1 is 0.717 bits per heavy atom. The minimum Gasteiger partial charge on any atom is -0.459 e. The van der Waals surface area contributed by atoms with Crippen molar-refractivity contribution < 1.29 is 55.5 Å². The second-order valence-electron chi connectivity index (χ2n) is 12.4. The van der Waals surface area contributed by atoms with Gasteiger partial charge >= 0.3 is 5.97 Å². The number of cyclic esters (lactones) is 1. The number of aliphatic hydroxyl groups excluding tert-OH is 9. The summed E-state index contributed by atoms with van der Waals surface area (Å²) in [6.07, 6.45) is 4.69. The van der Waals surface area contributed by atoms with E-state index in [-0.39, 0.29) is 44.9 Å². The van der Waals surface area contributed by atoms with Gasteiger partial charge < -0.3 is 50.7 Å². The number of carbonyl (C=O) groups is 1. The van der Waals surface area contributed by atoms with Crippen LogP contribution in [0.4, 0.5) is 0 Å². The van der Waals surface area contributed by atoms with E-state index in [0.717, 1.165) is 12.8 Å². The van der Waals surface area contributed by atoms with Crippen LogP contribution in [-0.4, -0.2) is 113 Å². The van der Waals surface area contributed by atoms with Crippen LogP contribution in [0.15, 0.2) is 60.3 Å². The summed E-state index contributed by atoms with van der Waals surface area (Å²) in [5.41, 5.74) is 0.609. The molecule has 0 saturated heterocycles. The first-order valence-corrected chi connectivity index (χ1v) is 16.4. The summed E-state index contributed by atoms with van der Waals surface area (Å²) < 4.78 is 5.42. The highest BCUT2D eigenvalue weighted by molar-refractivity contribution is 5.74. The highest BCUT2D eigenvalue weighted by Crippen LogP contribution is 2.24. The number of allylic oxidation sites excluding steroid dienone is 8. The molecule has 0 aromatic carbocycles. The van der Waals surface area contributed by atoms with E-state index in [9.17, 15) is 50.8 Å². The van der Waals surface area contributed by atoms with Gasteiger partial charge in [-0.3, -0.25) is 4.79 Å². The molecule has 0 aliphatic carbocycles. The minimum absolute atomic E-state index is 0.0162. The predicted molar refractivity (Wildman–Crippen MR) is 175 cm³/mol. The Kier molecular flexibility index (Phi) is 21.1. The topological polar surface area (TPSA) is 208 Å². The van der Waals surface area contributed by atoms with Crippen molar-refractivity contribution in [3.8, 4) is 0 Å². The molecule has 9 N–H and O–H groups in total. The van der Waals surface area contributed by atoms with Gasteiger partial charge in [0, 0.05) is 12.8 Å². The Bertz CT molecular complexity index is 991. The summed E-state index contributed by atoms with van der Waals surface area (Å²) in [5, 5.41) is 94.8. The van der Waals surface area contributed by atoms with E-state index < -0.39 is 72.9 Å². The lowest BCUT2D eigenvalue weighted by molar-refractivity contribution is -0.168. The maximum Gasteiger partial charge on any atom is 0.314 e. The zero-order valence-corrected chi connectivity index (χ0v) is 27.5. The van der Waals surface area contributed by atoms with E-state index in [4.69, 9.17) is 4.74 Å². The van der Waals surface area contributed by atoms with Gasteiger partial charge in [0.1, 0.15) is 18.1 Å². The number of ether oxygens (including phenoxy) is 1. The third-order valence-electron chi connectivity index (χ3n) is 8.03. The first kappa shape index (κ1) is 41.8. The van der Waals surface area contributed by atoms with E-state index in [1.165, 1.54) is 13.0 Å². The van der Waals surface area contributed by atoms with Crippen LogP contribution in [-0.2, 0) is 9.53 Å². The van der Waals surface area contributed by atoms with Gasteiger partial charge in [0.15, 0.2) is 0 Å². The Balaban J connectivity index is 3.14. The van der Waals surface area contributed by atoms with Crippen molar-refractivity contribution in [3.63, 3.8) is 0 Å². The van der Waals surface area contributed by atoms with Crippen LogP contribution in [0.3, 0.4) is 0 Å². The third kappa shape index (κ3) is 17.7. The Labute approximate surface area is 273 Å². The summed E-state index contributed by atoms with van der Waals surface area (Å²) >= 11 is 0. The lowest BCUT2D eigenvalue weighted by atomic mass is 9.87. The summed E-state index contributed by atoms with van der Waals surface area (Å²) in [5.74, 6) is -2.33. The normalized spacial score (nSPS) is 38.6. The first-order chi connectivity index (χ1) is 21.7. The van der Waals surface area contributed by atoms with Crippen LogP contribution in [0.25, 0.3) is 0 Å². The van der Waals surface area contributed by atoms with Gasteiger partial charge in [0.05, 0.1) is 48.8 Å². The van der Waals surface area contributed by atoms with Gasteiger partial charge in [-0.05, 0) is 51.5 Å². The van der Waals surface area contributed by atoms with Crippen molar-refractivity contribution >= 4 is 5.97 Å². The molecule has 0 amide bonds. The number of unbranched alkanes of at least 4 members (excludes halogenated alkanes) is 2. The van der Waals surface area contributed by atoms with Crippen LogP contribution >= 0.6 is 0 Å². The second-order valence-corrected chi connectivity index (χ2v) is 12.4. The van der Waals surface area contributed by atoms with Crippen molar-refractivity contribution in [1.29, 1.82) is 0 Å². The van der Waals surface area contributed by atoms with Crippen molar-refractivity contribution in [1.82, 2.24) is 0 Å². The quantitative estimate of drug-likeness (QED) is 0.154.